The summed E-state index contributed by atoms with van der Waals surface area (Å²) < 4.78 is 10.8. The molecule has 1 saturated carbocycles. The van der Waals surface area contributed by atoms with Crippen molar-refractivity contribution in [2.75, 3.05) is 34.4 Å². The molecule has 2 aromatic carbocycles. The Labute approximate surface area is 202 Å². The quantitative estimate of drug-likeness (QED) is 0.322. The summed E-state index contributed by atoms with van der Waals surface area (Å²) in [6, 6.07) is 17.7. The molecule has 0 bridgehead atoms. The molecule has 2 fully saturated rings. The van der Waals surface area contributed by atoms with Gasteiger partial charge in [0.15, 0.2) is 5.96 Å². The van der Waals surface area contributed by atoms with Gasteiger partial charge < -0.3 is 20.1 Å². The van der Waals surface area contributed by atoms with Crippen LogP contribution in [0.3, 0.4) is 0 Å². The van der Waals surface area contributed by atoms with E-state index < -0.39 is 0 Å². The van der Waals surface area contributed by atoms with Gasteiger partial charge >= 0.3 is 0 Å². The lowest BCUT2D eigenvalue weighted by Crippen LogP contribution is -2.45. The molecule has 2 aliphatic rings. The highest BCUT2D eigenvalue weighted by Crippen LogP contribution is 2.40. The third kappa shape index (κ3) is 6.26. The van der Waals surface area contributed by atoms with Crippen LogP contribution in [-0.4, -0.2) is 57.3 Å². The van der Waals surface area contributed by atoms with E-state index in [4.69, 9.17) is 9.47 Å². The standard InChI is InChI=1S/C24H32N4O2.HI/c1-25-24(27-23-14-22(23)18-7-5-4-6-8-18)26-19-9-10-28(16-19)15-17-11-20(29-2)13-21(12-17)30-3;/h4-8,11-13,19,22-23H,9-10,14-16H2,1-3H3,(H2,25,26,27);1H. The first-order valence-electron chi connectivity index (χ1n) is 10.7. The van der Waals surface area contributed by atoms with Crippen LogP contribution in [0.4, 0.5) is 0 Å². The molecular weight excluding hydrogens is 503 g/mol. The lowest BCUT2D eigenvalue weighted by Gasteiger charge is -2.19. The summed E-state index contributed by atoms with van der Waals surface area (Å²) in [5.41, 5.74) is 2.62. The largest absolute Gasteiger partial charge is 0.497 e. The Morgan fingerprint density at radius 3 is 2.42 bits per heavy atom. The predicted molar refractivity (Wildman–Crippen MR) is 136 cm³/mol. The van der Waals surface area contributed by atoms with Crippen molar-refractivity contribution in [1.29, 1.82) is 0 Å². The maximum atomic E-state index is 5.40. The lowest BCUT2D eigenvalue weighted by atomic mass is 10.1. The number of likely N-dealkylation sites (tertiary alicyclic amines) is 1. The van der Waals surface area contributed by atoms with Crippen molar-refractivity contribution >= 4 is 29.9 Å². The van der Waals surface area contributed by atoms with Crippen LogP contribution in [0.15, 0.2) is 53.5 Å². The number of halogens is 1. The molecule has 3 atom stereocenters. The van der Waals surface area contributed by atoms with Crippen molar-refractivity contribution in [2.24, 2.45) is 4.99 Å². The molecule has 0 aromatic heterocycles. The summed E-state index contributed by atoms with van der Waals surface area (Å²) >= 11 is 0. The summed E-state index contributed by atoms with van der Waals surface area (Å²) in [6.45, 7) is 2.94. The Hall–Kier alpha value is -2.00. The zero-order valence-corrected chi connectivity index (χ0v) is 20.8. The summed E-state index contributed by atoms with van der Waals surface area (Å²) in [5.74, 6) is 3.17. The highest BCUT2D eigenvalue weighted by Gasteiger charge is 2.39. The third-order valence-electron chi connectivity index (χ3n) is 5.99. The average molecular weight is 536 g/mol. The van der Waals surface area contributed by atoms with Crippen molar-refractivity contribution in [3.05, 3.63) is 59.7 Å². The molecule has 1 aliphatic heterocycles. The smallest absolute Gasteiger partial charge is 0.191 e. The molecule has 7 heteroatoms. The van der Waals surface area contributed by atoms with Crippen LogP contribution < -0.4 is 20.1 Å². The molecule has 1 aliphatic carbocycles. The molecular formula is C24H33IN4O2. The molecule has 31 heavy (non-hydrogen) atoms. The van der Waals surface area contributed by atoms with E-state index in [-0.39, 0.29) is 24.0 Å². The predicted octanol–water partition coefficient (Wildman–Crippen LogP) is 3.62. The van der Waals surface area contributed by atoms with Gasteiger partial charge in [-0.2, -0.15) is 0 Å². The summed E-state index contributed by atoms with van der Waals surface area (Å²) in [7, 11) is 5.23. The van der Waals surface area contributed by atoms with Crippen molar-refractivity contribution in [3.63, 3.8) is 0 Å². The molecule has 0 spiro atoms. The third-order valence-corrected chi connectivity index (χ3v) is 5.99. The van der Waals surface area contributed by atoms with Crippen molar-refractivity contribution in [2.45, 2.75) is 37.4 Å². The van der Waals surface area contributed by atoms with Crippen LogP contribution in [0.5, 0.6) is 11.5 Å². The Morgan fingerprint density at radius 1 is 1.06 bits per heavy atom. The topological polar surface area (TPSA) is 58.1 Å². The maximum absolute atomic E-state index is 5.40. The molecule has 168 valence electrons. The van der Waals surface area contributed by atoms with Crippen LogP contribution in [0.1, 0.15) is 29.9 Å². The number of aliphatic imine (C=N–C) groups is 1. The van der Waals surface area contributed by atoms with Gasteiger partial charge in [0, 0.05) is 50.7 Å². The number of hydrogen-bond donors (Lipinski definition) is 2. The zero-order valence-electron chi connectivity index (χ0n) is 18.5. The molecule has 4 rings (SSSR count). The number of nitrogens with zero attached hydrogens (tertiary/aromatic N) is 2. The second-order valence-electron chi connectivity index (χ2n) is 8.16. The fraction of sp³-hybridized carbons (Fsp3) is 0.458. The van der Waals surface area contributed by atoms with E-state index in [0.29, 0.717) is 18.0 Å². The zero-order chi connectivity index (χ0) is 20.9. The molecule has 1 saturated heterocycles. The summed E-state index contributed by atoms with van der Waals surface area (Å²) in [6.07, 6.45) is 2.27. The number of benzene rings is 2. The molecule has 0 radical (unpaired) electrons. The lowest BCUT2D eigenvalue weighted by molar-refractivity contribution is 0.321. The van der Waals surface area contributed by atoms with Crippen LogP contribution in [0.25, 0.3) is 0 Å². The van der Waals surface area contributed by atoms with Gasteiger partial charge in [0.2, 0.25) is 0 Å². The number of guanidine groups is 1. The molecule has 3 unspecified atom stereocenters. The number of methoxy groups -OCH3 is 2. The van der Waals surface area contributed by atoms with E-state index in [1.165, 1.54) is 17.5 Å². The van der Waals surface area contributed by atoms with Crippen molar-refractivity contribution in [1.82, 2.24) is 15.5 Å². The molecule has 2 N–H and O–H groups in total. The molecule has 0 amide bonds. The minimum Gasteiger partial charge on any atom is -0.497 e. The monoisotopic (exact) mass is 536 g/mol. The SMILES string of the molecule is CN=C(NC1CCN(Cc2cc(OC)cc(OC)c2)C1)NC1CC1c1ccccc1.I. The van der Waals surface area contributed by atoms with Gasteiger partial charge in [-0.05, 0) is 36.1 Å². The van der Waals surface area contributed by atoms with Gasteiger partial charge in [-0.3, -0.25) is 9.89 Å². The van der Waals surface area contributed by atoms with Crippen LogP contribution in [-0.2, 0) is 6.54 Å². The van der Waals surface area contributed by atoms with Crippen molar-refractivity contribution in [3.8, 4) is 11.5 Å². The van der Waals surface area contributed by atoms with E-state index in [1.54, 1.807) is 14.2 Å². The van der Waals surface area contributed by atoms with Crippen LogP contribution >= 0.6 is 24.0 Å². The van der Waals surface area contributed by atoms with E-state index in [1.807, 2.05) is 13.1 Å². The minimum atomic E-state index is 0. The first kappa shape index (κ1) is 23.7. The Bertz CT molecular complexity index is 855. The second kappa shape index (κ2) is 11.0. The number of hydrogen-bond acceptors (Lipinski definition) is 4. The number of rotatable bonds is 7. The number of ether oxygens (including phenoxy) is 2. The molecule has 1 heterocycles. The normalized spacial score (nSPS) is 23.1. The molecule has 2 aromatic rings. The Kier molecular flexibility index (Phi) is 8.43. The Balaban J connectivity index is 0.00000272. The highest BCUT2D eigenvalue weighted by molar-refractivity contribution is 14.0. The van der Waals surface area contributed by atoms with Gasteiger partial charge in [-0.15, -0.1) is 24.0 Å². The maximum Gasteiger partial charge on any atom is 0.191 e. The molecule has 6 nitrogen and oxygen atoms in total. The van der Waals surface area contributed by atoms with Gasteiger partial charge in [0.25, 0.3) is 0 Å². The van der Waals surface area contributed by atoms with Gasteiger partial charge in [-0.1, -0.05) is 30.3 Å². The fourth-order valence-corrected chi connectivity index (χ4v) is 4.27. The first-order valence-corrected chi connectivity index (χ1v) is 10.7. The fourth-order valence-electron chi connectivity index (χ4n) is 4.27. The van der Waals surface area contributed by atoms with E-state index >= 15 is 0 Å². The summed E-state index contributed by atoms with van der Waals surface area (Å²) in [4.78, 5) is 6.92. The van der Waals surface area contributed by atoms with Gasteiger partial charge in [-0.25, -0.2) is 0 Å². The van der Waals surface area contributed by atoms with Crippen LogP contribution in [0.2, 0.25) is 0 Å². The van der Waals surface area contributed by atoms with E-state index in [2.05, 4.69) is 63.0 Å². The average Bonchev–Trinajstić information content (AvgIpc) is 3.42. The van der Waals surface area contributed by atoms with Gasteiger partial charge in [0.05, 0.1) is 14.2 Å². The minimum absolute atomic E-state index is 0. The Morgan fingerprint density at radius 2 is 1.77 bits per heavy atom. The van der Waals surface area contributed by atoms with Gasteiger partial charge in [0.1, 0.15) is 11.5 Å². The number of nitrogens with one attached hydrogen (secondary N) is 2. The second-order valence-corrected chi connectivity index (χ2v) is 8.16. The van der Waals surface area contributed by atoms with E-state index in [0.717, 1.165) is 43.5 Å². The van der Waals surface area contributed by atoms with Crippen LogP contribution in [0, 0.1) is 0 Å². The summed E-state index contributed by atoms with van der Waals surface area (Å²) in [5, 5.41) is 7.22. The highest BCUT2D eigenvalue weighted by atomic mass is 127. The van der Waals surface area contributed by atoms with Crippen molar-refractivity contribution < 1.29 is 9.47 Å². The first-order chi connectivity index (χ1) is 14.7. The van der Waals surface area contributed by atoms with E-state index in [9.17, 15) is 0 Å².